The van der Waals surface area contributed by atoms with Crippen molar-refractivity contribution in [3.05, 3.63) is 64.4 Å². The lowest BCUT2D eigenvalue weighted by atomic mass is 9.98. The zero-order chi connectivity index (χ0) is 13.8. The summed E-state index contributed by atoms with van der Waals surface area (Å²) in [5.41, 5.74) is 0.717. The lowest BCUT2D eigenvalue weighted by molar-refractivity contribution is 0.528. The van der Waals surface area contributed by atoms with Gasteiger partial charge in [-0.1, -0.05) is 24.6 Å². The maximum atomic E-state index is 14.0. The van der Waals surface area contributed by atoms with E-state index in [2.05, 4.69) is 10.3 Å². The van der Waals surface area contributed by atoms with Crippen LogP contribution in [0.25, 0.3) is 0 Å². The maximum absolute atomic E-state index is 14.0. The Morgan fingerprint density at radius 1 is 1.21 bits per heavy atom. The number of hydrogen-bond acceptors (Lipinski definition) is 2. The van der Waals surface area contributed by atoms with Gasteiger partial charge in [0.05, 0.1) is 12.2 Å². The van der Waals surface area contributed by atoms with E-state index in [-0.39, 0.29) is 0 Å². The molecule has 0 amide bonds. The quantitative estimate of drug-likeness (QED) is 0.925. The average molecular weight is 283 g/mol. The van der Waals surface area contributed by atoms with E-state index in [1.807, 2.05) is 6.92 Å². The van der Waals surface area contributed by atoms with Crippen molar-refractivity contribution in [2.75, 3.05) is 6.54 Å². The predicted octanol–water partition coefficient (Wildman–Crippen LogP) is 3.71. The normalized spacial score (nSPS) is 12.4. The topological polar surface area (TPSA) is 24.9 Å². The van der Waals surface area contributed by atoms with Gasteiger partial charge in [-0.25, -0.2) is 8.78 Å². The van der Waals surface area contributed by atoms with Crippen molar-refractivity contribution in [1.82, 2.24) is 10.3 Å². The van der Waals surface area contributed by atoms with Gasteiger partial charge in [0.1, 0.15) is 11.6 Å². The second kappa shape index (κ2) is 6.08. The Balaban J connectivity index is 2.48. The molecule has 2 aromatic rings. The van der Waals surface area contributed by atoms with Crippen molar-refractivity contribution in [2.24, 2.45) is 0 Å². The molecule has 0 saturated heterocycles. The molecule has 0 aliphatic rings. The van der Waals surface area contributed by atoms with E-state index in [0.29, 0.717) is 22.7 Å². The molecule has 2 nitrogen and oxygen atoms in total. The second-order valence-electron chi connectivity index (χ2n) is 4.05. The van der Waals surface area contributed by atoms with Gasteiger partial charge in [-0.3, -0.25) is 4.98 Å². The first-order chi connectivity index (χ1) is 9.13. The molecule has 0 spiro atoms. The van der Waals surface area contributed by atoms with Crippen LogP contribution in [0.1, 0.15) is 24.1 Å². The summed E-state index contributed by atoms with van der Waals surface area (Å²) in [6.45, 7) is 2.45. The predicted molar refractivity (Wildman–Crippen MR) is 71.1 cm³/mol. The second-order valence-corrected chi connectivity index (χ2v) is 4.49. The van der Waals surface area contributed by atoms with Crippen LogP contribution in [0.4, 0.5) is 8.78 Å². The highest BCUT2D eigenvalue weighted by atomic mass is 35.5. The number of nitrogens with one attached hydrogen (secondary N) is 1. The molecule has 1 N–H and O–H groups in total. The minimum atomic E-state index is -0.565. The highest BCUT2D eigenvalue weighted by Gasteiger charge is 2.20. The summed E-state index contributed by atoms with van der Waals surface area (Å²) >= 11 is 5.73. The van der Waals surface area contributed by atoms with Crippen molar-refractivity contribution >= 4 is 11.6 Å². The minimum absolute atomic E-state index is 0.312. The molecule has 0 aliphatic carbocycles. The zero-order valence-corrected chi connectivity index (χ0v) is 11.1. The zero-order valence-electron chi connectivity index (χ0n) is 10.3. The molecule has 19 heavy (non-hydrogen) atoms. The molecule has 1 atom stereocenters. The number of pyridine rings is 1. The van der Waals surface area contributed by atoms with E-state index in [0.717, 1.165) is 6.20 Å². The van der Waals surface area contributed by atoms with Crippen LogP contribution in [0.5, 0.6) is 0 Å². The Kier molecular flexibility index (Phi) is 4.45. The van der Waals surface area contributed by atoms with Crippen molar-refractivity contribution in [2.45, 2.75) is 13.0 Å². The molecule has 1 aromatic carbocycles. The SMILES string of the molecule is CCNC(c1ccncc1F)c1ccc(Cl)cc1F. The molecular weight excluding hydrogens is 270 g/mol. The van der Waals surface area contributed by atoms with Crippen molar-refractivity contribution in [3.63, 3.8) is 0 Å². The summed E-state index contributed by atoms with van der Waals surface area (Å²) < 4.78 is 27.8. The fourth-order valence-corrected chi connectivity index (χ4v) is 2.11. The fraction of sp³-hybridized carbons (Fsp3) is 0.214. The molecule has 1 heterocycles. The smallest absolute Gasteiger partial charge is 0.146 e. The summed E-state index contributed by atoms with van der Waals surface area (Å²) in [5.74, 6) is -0.933. The lowest BCUT2D eigenvalue weighted by Gasteiger charge is -2.20. The average Bonchev–Trinajstić information content (AvgIpc) is 2.38. The number of hydrogen-bond donors (Lipinski definition) is 1. The Hall–Kier alpha value is -1.52. The van der Waals surface area contributed by atoms with Crippen LogP contribution in [0.3, 0.4) is 0 Å². The number of benzene rings is 1. The third kappa shape index (κ3) is 3.08. The minimum Gasteiger partial charge on any atom is -0.306 e. The van der Waals surface area contributed by atoms with Gasteiger partial charge in [-0.15, -0.1) is 0 Å². The van der Waals surface area contributed by atoms with Crippen LogP contribution in [0, 0.1) is 11.6 Å². The Morgan fingerprint density at radius 2 is 1.95 bits per heavy atom. The largest absolute Gasteiger partial charge is 0.306 e. The van der Waals surface area contributed by atoms with Gasteiger partial charge in [0.25, 0.3) is 0 Å². The van der Waals surface area contributed by atoms with Gasteiger partial charge in [0, 0.05) is 22.3 Å². The van der Waals surface area contributed by atoms with Gasteiger partial charge in [-0.05, 0) is 24.7 Å². The van der Waals surface area contributed by atoms with Crippen molar-refractivity contribution in [1.29, 1.82) is 0 Å². The van der Waals surface area contributed by atoms with Crippen LogP contribution in [-0.4, -0.2) is 11.5 Å². The van der Waals surface area contributed by atoms with E-state index in [9.17, 15) is 8.78 Å². The standard InChI is InChI=1S/C14H13ClF2N2/c1-2-19-14(11-5-6-18-8-13(11)17)10-4-3-9(15)7-12(10)16/h3-8,14,19H,2H2,1H3. The Labute approximate surface area is 115 Å². The van der Waals surface area contributed by atoms with Crippen molar-refractivity contribution < 1.29 is 8.78 Å². The monoisotopic (exact) mass is 282 g/mol. The number of aromatic nitrogens is 1. The third-order valence-electron chi connectivity index (χ3n) is 2.80. The summed E-state index contributed by atoms with van der Waals surface area (Å²) in [4.78, 5) is 3.70. The first kappa shape index (κ1) is 13.9. The first-order valence-corrected chi connectivity index (χ1v) is 6.29. The van der Waals surface area contributed by atoms with Crippen molar-refractivity contribution in [3.8, 4) is 0 Å². The molecule has 0 fully saturated rings. The van der Waals surface area contributed by atoms with Crippen LogP contribution in [0.15, 0.2) is 36.7 Å². The van der Waals surface area contributed by atoms with Gasteiger partial charge in [0.2, 0.25) is 0 Å². The fourth-order valence-electron chi connectivity index (χ4n) is 1.95. The van der Waals surface area contributed by atoms with Crippen LogP contribution in [0.2, 0.25) is 5.02 Å². The van der Waals surface area contributed by atoms with Gasteiger partial charge < -0.3 is 5.32 Å². The van der Waals surface area contributed by atoms with Crippen LogP contribution in [-0.2, 0) is 0 Å². The molecule has 0 aliphatic heterocycles. The van der Waals surface area contributed by atoms with Gasteiger partial charge in [0.15, 0.2) is 0 Å². The van der Waals surface area contributed by atoms with E-state index < -0.39 is 17.7 Å². The number of halogens is 3. The molecule has 2 rings (SSSR count). The molecular formula is C14H13ClF2N2. The summed E-state index contributed by atoms with van der Waals surface area (Å²) in [6, 6.07) is 5.34. The lowest BCUT2D eigenvalue weighted by Crippen LogP contribution is -2.24. The molecule has 0 bridgehead atoms. The van der Waals surface area contributed by atoms with Crippen LogP contribution >= 0.6 is 11.6 Å². The number of nitrogens with zero attached hydrogens (tertiary/aromatic N) is 1. The Bertz CT molecular complexity index is 575. The summed E-state index contributed by atoms with van der Waals surface area (Å²) in [5, 5.41) is 3.38. The highest BCUT2D eigenvalue weighted by molar-refractivity contribution is 6.30. The summed E-state index contributed by atoms with van der Waals surface area (Å²) in [6.07, 6.45) is 2.60. The third-order valence-corrected chi connectivity index (χ3v) is 3.03. The first-order valence-electron chi connectivity index (χ1n) is 5.91. The van der Waals surface area contributed by atoms with E-state index in [1.54, 1.807) is 12.1 Å². The number of rotatable bonds is 4. The molecule has 0 radical (unpaired) electrons. The van der Waals surface area contributed by atoms with Gasteiger partial charge in [-0.2, -0.15) is 0 Å². The van der Waals surface area contributed by atoms with E-state index >= 15 is 0 Å². The highest BCUT2D eigenvalue weighted by Crippen LogP contribution is 2.27. The summed E-state index contributed by atoms with van der Waals surface area (Å²) in [7, 11) is 0. The molecule has 1 unspecified atom stereocenters. The molecule has 100 valence electrons. The maximum Gasteiger partial charge on any atom is 0.146 e. The van der Waals surface area contributed by atoms with Gasteiger partial charge >= 0.3 is 0 Å². The molecule has 5 heteroatoms. The van der Waals surface area contributed by atoms with E-state index in [1.165, 1.54) is 18.3 Å². The Morgan fingerprint density at radius 3 is 2.58 bits per heavy atom. The van der Waals surface area contributed by atoms with Crippen LogP contribution < -0.4 is 5.32 Å². The molecule has 1 aromatic heterocycles. The van der Waals surface area contributed by atoms with E-state index in [4.69, 9.17) is 11.6 Å². The molecule has 0 saturated carbocycles.